The molecule has 2 fully saturated rings. The molecular weight excluding hydrogens is 254 g/mol. The van der Waals surface area contributed by atoms with E-state index in [9.17, 15) is 0 Å². The zero-order valence-corrected chi connectivity index (χ0v) is 12.6. The van der Waals surface area contributed by atoms with Crippen LogP contribution in [0.15, 0.2) is 4.52 Å². The van der Waals surface area contributed by atoms with E-state index in [1.807, 2.05) is 0 Å². The Morgan fingerprint density at radius 2 is 2.05 bits per heavy atom. The largest absolute Gasteiger partial charge is 0.367 e. The fraction of sp³-hybridized carbons (Fsp3) is 0.867. The second-order valence-electron chi connectivity index (χ2n) is 6.39. The predicted octanol–water partition coefficient (Wildman–Crippen LogP) is 2.52. The maximum atomic E-state index is 5.82. The third kappa shape index (κ3) is 2.37. The lowest BCUT2D eigenvalue weighted by Gasteiger charge is -2.34. The van der Waals surface area contributed by atoms with Crippen molar-refractivity contribution in [3.05, 3.63) is 11.7 Å². The Labute approximate surface area is 120 Å². The summed E-state index contributed by atoms with van der Waals surface area (Å²) in [6.45, 7) is 7.16. The van der Waals surface area contributed by atoms with Crippen LogP contribution in [0.25, 0.3) is 0 Å². The molecule has 20 heavy (non-hydrogen) atoms. The maximum absolute atomic E-state index is 5.82. The molecule has 0 spiro atoms. The summed E-state index contributed by atoms with van der Waals surface area (Å²) in [4.78, 5) is 4.75. The first kappa shape index (κ1) is 14.0. The van der Waals surface area contributed by atoms with E-state index >= 15 is 0 Å². The van der Waals surface area contributed by atoms with Gasteiger partial charge in [0.05, 0.1) is 5.41 Å². The molecule has 5 heteroatoms. The van der Waals surface area contributed by atoms with Crippen molar-refractivity contribution in [3.63, 3.8) is 0 Å². The Morgan fingerprint density at radius 1 is 1.25 bits per heavy atom. The summed E-state index contributed by atoms with van der Waals surface area (Å²) in [5, 5.41) is 7.66. The summed E-state index contributed by atoms with van der Waals surface area (Å²) in [5.41, 5.74) is -0.276. The molecule has 3 rings (SSSR count). The molecule has 3 heterocycles. The smallest absolute Gasteiger partial charge is 0.233 e. The van der Waals surface area contributed by atoms with Crippen molar-refractivity contribution in [2.24, 2.45) is 0 Å². The minimum atomic E-state index is -0.345. The van der Waals surface area contributed by atoms with Crippen molar-refractivity contribution >= 4 is 0 Å². The highest BCUT2D eigenvalue weighted by molar-refractivity contribution is 5.11. The minimum Gasteiger partial charge on any atom is -0.367 e. The normalized spacial score (nSPS) is 29.7. The number of rotatable bonds is 4. The lowest BCUT2D eigenvalue weighted by Crippen LogP contribution is -2.40. The van der Waals surface area contributed by atoms with Crippen molar-refractivity contribution < 1.29 is 9.26 Å². The van der Waals surface area contributed by atoms with Crippen LogP contribution >= 0.6 is 0 Å². The molecule has 0 bridgehead atoms. The van der Waals surface area contributed by atoms with Gasteiger partial charge in [-0.15, -0.1) is 0 Å². The molecule has 2 saturated heterocycles. The van der Waals surface area contributed by atoms with E-state index in [1.165, 1.54) is 0 Å². The van der Waals surface area contributed by atoms with Gasteiger partial charge >= 0.3 is 0 Å². The lowest BCUT2D eigenvalue weighted by molar-refractivity contribution is 0.00768. The second kappa shape index (κ2) is 5.45. The van der Waals surface area contributed by atoms with Crippen molar-refractivity contribution in [2.75, 3.05) is 19.7 Å². The molecule has 2 aliphatic rings. The van der Waals surface area contributed by atoms with Gasteiger partial charge in [0.25, 0.3) is 0 Å². The van der Waals surface area contributed by atoms with Gasteiger partial charge in [-0.2, -0.15) is 4.98 Å². The fourth-order valence-corrected chi connectivity index (χ4v) is 3.56. The Bertz CT molecular complexity index is 440. The van der Waals surface area contributed by atoms with Crippen molar-refractivity contribution in [3.8, 4) is 0 Å². The van der Waals surface area contributed by atoms with Gasteiger partial charge in [-0.25, -0.2) is 0 Å². The molecule has 0 saturated carbocycles. The summed E-state index contributed by atoms with van der Waals surface area (Å²) in [5.74, 6) is 1.56. The van der Waals surface area contributed by atoms with Crippen LogP contribution in [-0.2, 0) is 15.8 Å². The molecule has 1 unspecified atom stereocenters. The van der Waals surface area contributed by atoms with Gasteiger partial charge in [-0.1, -0.05) is 18.5 Å². The van der Waals surface area contributed by atoms with Gasteiger partial charge < -0.3 is 14.6 Å². The van der Waals surface area contributed by atoms with E-state index in [1.54, 1.807) is 0 Å². The van der Waals surface area contributed by atoms with Gasteiger partial charge in [0.15, 0.2) is 0 Å². The van der Waals surface area contributed by atoms with Crippen LogP contribution in [0.4, 0.5) is 0 Å². The number of nitrogens with zero attached hydrogens (tertiary/aromatic N) is 2. The number of hydrogen-bond acceptors (Lipinski definition) is 5. The topological polar surface area (TPSA) is 60.2 Å². The van der Waals surface area contributed by atoms with Crippen LogP contribution in [0.5, 0.6) is 0 Å². The highest BCUT2D eigenvalue weighted by Gasteiger charge is 2.42. The second-order valence-corrected chi connectivity index (χ2v) is 6.39. The van der Waals surface area contributed by atoms with Crippen molar-refractivity contribution in [1.82, 2.24) is 15.5 Å². The molecule has 1 atom stereocenters. The Kier molecular flexibility index (Phi) is 3.82. The Hall–Kier alpha value is -0.940. The molecule has 1 N–H and O–H groups in total. The van der Waals surface area contributed by atoms with E-state index in [0.717, 1.165) is 69.9 Å². The van der Waals surface area contributed by atoms with Gasteiger partial charge in [0, 0.05) is 6.61 Å². The van der Waals surface area contributed by atoms with Crippen LogP contribution in [-0.4, -0.2) is 29.8 Å². The van der Waals surface area contributed by atoms with Crippen molar-refractivity contribution in [1.29, 1.82) is 0 Å². The number of nitrogens with one attached hydrogen (secondary N) is 1. The predicted molar refractivity (Wildman–Crippen MR) is 75.5 cm³/mol. The highest BCUT2D eigenvalue weighted by Crippen LogP contribution is 2.39. The van der Waals surface area contributed by atoms with Crippen LogP contribution in [0, 0.1) is 0 Å². The average molecular weight is 279 g/mol. The van der Waals surface area contributed by atoms with Crippen LogP contribution in [0.2, 0.25) is 0 Å². The van der Waals surface area contributed by atoms with Crippen LogP contribution in [0.3, 0.4) is 0 Å². The minimum absolute atomic E-state index is 0.0697. The van der Waals surface area contributed by atoms with Crippen LogP contribution < -0.4 is 5.32 Å². The van der Waals surface area contributed by atoms with Gasteiger partial charge in [0.2, 0.25) is 11.7 Å². The molecule has 0 aliphatic carbocycles. The highest BCUT2D eigenvalue weighted by atomic mass is 16.5. The fourth-order valence-electron chi connectivity index (χ4n) is 3.56. The lowest BCUT2D eigenvalue weighted by atomic mass is 9.75. The zero-order chi connectivity index (χ0) is 14.1. The molecular formula is C15H25N3O2. The van der Waals surface area contributed by atoms with E-state index in [4.69, 9.17) is 14.2 Å². The SMILES string of the molecule is CCCC1(c2nc(C3(C)CCCO3)no2)CCNCC1. The number of ether oxygens (including phenoxy) is 1. The average Bonchev–Trinajstić information content (AvgIpc) is 3.10. The van der Waals surface area contributed by atoms with Crippen LogP contribution in [0.1, 0.15) is 64.1 Å². The van der Waals surface area contributed by atoms with Gasteiger partial charge in [0.1, 0.15) is 5.60 Å². The third-order valence-electron chi connectivity index (χ3n) is 4.86. The monoisotopic (exact) mass is 279 g/mol. The van der Waals surface area contributed by atoms with Gasteiger partial charge in [-0.05, 0) is 52.1 Å². The summed E-state index contributed by atoms with van der Waals surface area (Å²) >= 11 is 0. The molecule has 0 aromatic carbocycles. The Morgan fingerprint density at radius 3 is 2.70 bits per heavy atom. The van der Waals surface area contributed by atoms with E-state index < -0.39 is 0 Å². The first-order chi connectivity index (χ1) is 9.69. The quantitative estimate of drug-likeness (QED) is 0.917. The summed E-state index contributed by atoms with van der Waals surface area (Å²) < 4.78 is 11.5. The first-order valence-electron chi connectivity index (χ1n) is 7.88. The maximum Gasteiger partial charge on any atom is 0.233 e. The summed E-state index contributed by atoms with van der Waals surface area (Å²) in [7, 11) is 0. The molecule has 5 nitrogen and oxygen atoms in total. The molecule has 2 aliphatic heterocycles. The molecule has 0 radical (unpaired) electrons. The van der Waals surface area contributed by atoms with E-state index in [2.05, 4.69) is 24.3 Å². The standard InChI is InChI=1S/C15H25N3O2/c1-3-5-15(7-9-16-10-8-15)13-17-12(18-20-13)14(2)6-4-11-19-14/h16H,3-11H2,1-2H3. The van der Waals surface area contributed by atoms with Gasteiger partial charge in [-0.3, -0.25) is 0 Å². The number of hydrogen-bond donors (Lipinski definition) is 1. The Balaban J connectivity index is 1.87. The zero-order valence-electron chi connectivity index (χ0n) is 12.6. The number of aromatic nitrogens is 2. The first-order valence-corrected chi connectivity index (χ1v) is 7.88. The molecule has 0 amide bonds. The molecule has 1 aromatic rings. The molecule has 112 valence electrons. The number of piperidine rings is 1. The van der Waals surface area contributed by atoms with E-state index in [0.29, 0.717) is 0 Å². The third-order valence-corrected chi connectivity index (χ3v) is 4.86. The summed E-state index contributed by atoms with van der Waals surface area (Å²) in [6.07, 6.45) is 6.48. The van der Waals surface area contributed by atoms with Crippen molar-refractivity contribution in [2.45, 2.75) is 63.4 Å². The van der Waals surface area contributed by atoms with E-state index in [-0.39, 0.29) is 11.0 Å². The molecule has 1 aromatic heterocycles. The summed E-state index contributed by atoms with van der Waals surface area (Å²) in [6, 6.07) is 0.